The number of carbonyl (C=O) groups excluding carboxylic acids is 2. The van der Waals surface area contributed by atoms with E-state index in [2.05, 4.69) is 5.32 Å². The SMILES string of the molecule is COCCN1C(=O)c2ccc(C(=O)N3CCNC(C)C3)cc2S1(=O)=O.Cl. The first-order valence-corrected chi connectivity index (χ1v) is 9.53. The van der Waals surface area contributed by atoms with Gasteiger partial charge in [0.15, 0.2) is 0 Å². The second-order valence-corrected chi connectivity index (χ2v) is 8.02. The van der Waals surface area contributed by atoms with Gasteiger partial charge in [-0.1, -0.05) is 0 Å². The van der Waals surface area contributed by atoms with Crippen LogP contribution in [0.15, 0.2) is 23.1 Å². The molecular weight excluding hydrogens is 382 g/mol. The number of methoxy groups -OCH3 is 1. The maximum atomic E-state index is 12.7. The van der Waals surface area contributed by atoms with Crippen LogP contribution >= 0.6 is 12.4 Å². The second-order valence-electron chi connectivity index (χ2n) is 6.19. The molecule has 2 amide bonds. The van der Waals surface area contributed by atoms with Gasteiger partial charge < -0.3 is 15.0 Å². The number of nitrogens with zero attached hydrogens (tertiary/aromatic N) is 2. The van der Waals surface area contributed by atoms with E-state index < -0.39 is 15.9 Å². The number of rotatable bonds is 4. The van der Waals surface area contributed by atoms with Gasteiger partial charge in [-0.25, -0.2) is 12.7 Å². The van der Waals surface area contributed by atoms with Crippen LogP contribution in [0, 0.1) is 0 Å². The third-order valence-corrected chi connectivity index (χ3v) is 6.23. The summed E-state index contributed by atoms with van der Waals surface area (Å²) >= 11 is 0. The number of hydrogen-bond donors (Lipinski definition) is 1. The fourth-order valence-corrected chi connectivity index (χ4v) is 4.68. The van der Waals surface area contributed by atoms with Gasteiger partial charge in [0.1, 0.15) is 4.90 Å². The van der Waals surface area contributed by atoms with Crippen molar-refractivity contribution < 1.29 is 22.7 Å². The number of fused-ring (bicyclic) bond motifs is 1. The van der Waals surface area contributed by atoms with Gasteiger partial charge in [0.05, 0.1) is 18.7 Å². The van der Waals surface area contributed by atoms with Gasteiger partial charge in [0, 0.05) is 38.3 Å². The Bertz CT molecular complexity index is 814. The molecular formula is C16H22ClN3O5S. The highest BCUT2D eigenvalue weighted by molar-refractivity contribution is 7.90. The second kappa shape index (κ2) is 7.91. The summed E-state index contributed by atoms with van der Waals surface area (Å²) < 4.78 is 30.9. The standard InChI is InChI=1S/C16H21N3O5S.ClH/c1-11-10-18(6-5-17-11)15(20)12-3-4-13-14(9-12)25(22,23)19(16(13)21)7-8-24-2;/h3-4,9,11,17H,5-8,10H2,1-2H3;1H. The van der Waals surface area contributed by atoms with Gasteiger partial charge in [-0.15, -0.1) is 12.4 Å². The molecule has 144 valence electrons. The molecule has 0 bridgehead atoms. The molecule has 1 atom stereocenters. The number of hydrogen-bond acceptors (Lipinski definition) is 6. The van der Waals surface area contributed by atoms with E-state index in [1.165, 1.54) is 25.3 Å². The molecule has 1 N–H and O–H groups in total. The Kier molecular flexibility index (Phi) is 6.28. The molecule has 0 aromatic heterocycles. The third kappa shape index (κ3) is 3.57. The van der Waals surface area contributed by atoms with Crippen molar-refractivity contribution in [2.45, 2.75) is 17.9 Å². The maximum Gasteiger partial charge on any atom is 0.269 e. The number of halogens is 1. The monoisotopic (exact) mass is 403 g/mol. The summed E-state index contributed by atoms with van der Waals surface area (Å²) in [6, 6.07) is 4.42. The Morgan fingerprint density at radius 3 is 2.77 bits per heavy atom. The number of sulfonamides is 1. The van der Waals surface area contributed by atoms with Crippen molar-refractivity contribution in [3.8, 4) is 0 Å². The van der Waals surface area contributed by atoms with Crippen LogP contribution in [0.4, 0.5) is 0 Å². The lowest BCUT2D eigenvalue weighted by molar-refractivity contribution is 0.0708. The zero-order valence-electron chi connectivity index (χ0n) is 14.6. The highest BCUT2D eigenvalue weighted by Gasteiger charge is 2.41. The smallest absolute Gasteiger partial charge is 0.269 e. The van der Waals surface area contributed by atoms with E-state index in [-0.39, 0.29) is 53.5 Å². The van der Waals surface area contributed by atoms with Crippen molar-refractivity contribution in [2.75, 3.05) is 39.9 Å². The van der Waals surface area contributed by atoms with Crippen molar-refractivity contribution in [1.82, 2.24) is 14.5 Å². The first kappa shape index (κ1) is 20.6. The molecule has 1 aromatic carbocycles. The lowest BCUT2D eigenvalue weighted by atomic mass is 10.1. The molecule has 10 heteroatoms. The highest BCUT2D eigenvalue weighted by Crippen LogP contribution is 2.31. The van der Waals surface area contributed by atoms with Gasteiger partial charge in [0.25, 0.3) is 21.8 Å². The molecule has 0 spiro atoms. The number of nitrogens with one attached hydrogen (secondary N) is 1. The van der Waals surface area contributed by atoms with Crippen LogP contribution in [0.25, 0.3) is 0 Å². The summed E-state index contributed by atoms with van der Waals surface area (Å²) in [7, 11) is -2.51. The van der Waals surface area contributed by atoms with Crippen LogP contribution in [0.5, 0.6) is 0 Å². The molecule has 0 radical (unpaired) electrons. The van der Waals surface area contributed by atoms with Gasteiger partial charge in [-0.2, -0.15) is 0 Å². The van der Waals surface area contributed by atoms with E-state index in [0.717, 1.165) is 4.31 Å². The minimum atomic E-state index is -3.94. The summed E-state index contributed by atoms with van der Waals surface area (Å²) in [4.78, 5) is 26.6. The van der Waals surface area contributed by atoms with Crippen LogP contribution in [-0.2, 0) is 14.8 Å². The predicted molar refractivity (Wildman–Crippen MR) is 97.2 cm³/mol. The van der Waals surface area contributed by atoms with Crippen LogP contribution in [0.1, 0.15) is 27.6 Å². The van der Waals surface area contributed by atoms with E-state index in [1.54, 1.807) is 4.90 Å². The molecule has 26 heavy (non-hydrogen) atoms. The Morgan fingerprint density at radius 1 is 1.38 bits per heavy atom. The lowest BCUT2D eigenvalue weighted by Gasteiger charge is -2.32. The first-order chi connectivity index (χ1) is 11.9. The largest absolute Gasteiger partial charge is 0.383 e. The Morgan fingerprint density at radius 2 is 2.12 bits per heavy atom. The van der Waals surface area contributed by atoms with Crippen LogP contribution in [0.2, 0.25) is 0 Å². The predicted octanol–water partition coefficient (Wildman–Crippen LogP) is 0.333. The lowest BCUT2D eigenvalue weighted by Crippen LogP contribution is -2.51. The third-order valence-electron chi connectivity index (χ3n) is 4.41. The number of piperazine rings is 1. The topological polar surface area (TPSA) is 96.0 Å². The van der Waals surface area contributed by atoms with Crippen molar-refractivity contribution in [3.63, 3.8) is 0 Å². The Labute approximate surface area is 158 Å². The molecule has 1 aromatic rings. The van der Waals surface area contributed by atoms with E-state index in [0.29, 0.717) is 19.6 Å². The summed E-state index contributed by atoms with van der Waals surface area (Å²) in [5.41, 5.74) is 0.374. The first-order valence-electron chi connectivity index (χ1n) is 8.09. The van der Waals surface area contributed by atoms with Crippen molar-refractivity contribution >= 4 is 34.2 Å². The molecule has 3 rings (SSSR count). The molecule has 2 aliphatic heterocycles. The normalized spacial score (nSPS) is 21.3. The number of amides is 2. The maximum absolute atomic E-state index is 12.7. The van der Waals surface area contributed by atoms with Gasteiger partial charge in [-0.3, -0.25) is 9.59 Å². The number of carbonyl (C=O) groups is 2. The van der Waals surface area contributed by atoms with E-state index >= 15 is 0 Å². The summed E-state index contributed by atoms with van der Waals surface area (Å²) in [6.07, 6.45) is 0. The molecule has 2 heterocycles. The summed E-state index contributed by atoms with van der Waals surface area (Å²) in [5, 5.41) is 3.25. The Balaban J connectivity index is 0.00000243. The summed E-state index contributed by atoms with van der Waals surface area (Å²) in [5.74, 6) is -0.809. The average Bonchev–Trinajstić information content (AvgIpc) is 2.78. The summed E-state index contributed by atoms with van der Waals surface area (Å²) in [6.45, 7) is 3.86. The average molecular weight is 404 g/mol. The Hall–Kier alpha value is -1.68. The molecule has 1 fully saturated rings. The van der Waals surface area contributed by atoms with Crippen molar-refractivity contribution in [2.24, 2.45) is 0 Å². The van der Waals surface area contributed by atoms with E-state index in [1.807, 2.05) is 6.92 Å². The molecule has 2 aliphatic rings. The number of ether oxygens (including phenoxy) is 1. The highest BCUT2D eigenvalue weighted by atomic mass is 35.5. The van der Waals surface area contributed by atoms with Gasteiger partial charge in [-0.05, 0) is 25.1 Å². The fourth-order valence-electron chi connectivity index (χ4n) is 3.10. The van der Waals surface area contributed by atoms with Crippen LogP contribution in [-0.4, -0.2) is 75.4 Å². The van der Waals surface area contributed by atoms with Crippen LogP contribution in [0.3, 0.4) is 0 Å². The zero-order chi connectivity index (χ0) is 18.2. The van der Waals surface area contributed by atoms with Gasteiger partial charge >= 0.3 is 0 Å². The van der Waals surface area contributed by atoms with Crippen molar-refractivity contribution in [3.05, 3.63) is 29.3 Å². The minimum Gasteiger partial charge on any atom is -0.383 e. The zero-order valence-corrected chi connectivity index (χ0v) is 16.2. The minimum absolute atomic E-state index is 0. The number of benzene rings is 1. The van der Waals surface area contributed by atoms with Gasteiger partial charge in [0.2, 0.25) is 0 Å². The van der Waals surface area contributed by atoms with E-state index in [9.17, 15) is 18.0 Å². The van der Waals surface area contributed by atoms with Crippen LogP contribution < -0.4 is 5.32 Å². The molecule has 1 unspecified atom stereocenters. The molecule has 1 saturated heterocycles. The molecule has 0 saturated carbocycles. The fraction of sp³-hybridized carbons (Fsp3) is 0.500. The van der Waals surface area contributed by atoms with Crippen molar-refractivity contribution in [1.29, 1.82) is 0 Å². The molecule has 8 nitrogen and oxygen atoms in total. The van der Waals surface area contributed by atoms with E-state index in [4.69, 9.17) is 4.74 Å². The quantitative estimate of drug-likeness (QED) is 0.778. The molecule has 0 aliphatic carbocycles.